The predicted molar refractivity (Wildman–Crippen MR) is 230 cm³/mol. The molecule has 2 atom stereocenters. The van der Waals surface area contributed by atoms with Crippen molar-refractivity contribution >= 4 is 53.4 Å². The zero-order chi connectivity index (χ0) is 48.1. The predicted octanol–water partition coefficient (Wildman–Crippen LogP) is 6.92. The fourth-order valence-corrected chi connectivity index (χ4v) is 10.0. The molecule has 3 aromatic carbocycles. The summed E-state index contributed by atoms with van der Waals surface area (Å²) in [7, 11) is -9.10. The standard InChI is InChI=1S/C43H50F4N2O13S3/c1-42(18-10-24-63(51,52)53)30-25-28(64(54,55)56)14-16-35(30)49(21-23-60-4)36(42)11-9-12-37-43(2,19-22-59-3)31-26-29(65(57,58)61-5)15-17-34(31)48(37)20-8-6-7-13-38(50)62-41-39(46)32(44)27-33(45)40(41)47/h9,11-12,14-17,25-27H,6-8,10,13,18-24H2,1-5H3,(H-,51,52,53,54,55,56)/p+1. The lowest BCUT2D eigenvalue weighted by Crippen LogP contribution is -2.33. The molecule has 2 unspecified atom stereocenters. The summed E-state index contributed by atoms with van der Waals surface area (Å²) in [5, 5.41) is 0. The molecule has 65 heavy (non-hydrogen) atoms. The number of anilines is 1. The number of hydrogen-bond acceptors (Lipinski definition) is 12. The Morgan fingerprint density at radius 3 is 2.05 bits per heavy atom. The van der Waals surface area contributed by atoms with Crippen molar-refractivity contribution in [3.63, 3.8) is 0 Å². The number of allylic oxidation sites excluding steroid dienone is 4. The number of hydrogen-bond donors (Lipinski definition) is 2. The van der Waals surface area contributed by atoms with E-state index in [4.69, 9.17) is 13.7 Å². The lowest BCUT2D eigenvalue weighted by Gasteiger charge is -2.30. The maximum atomic E-state index is 14.1. The minimum Gasteiger partial charge on any atom is -0.420 e. The van der Waals surface area contributed by atoms with Crippen LogP contribution in [0.2, 0.25) is 0 Å². The third kappa shape index (κ3) is 11.4. The third-order valence-electron chi connectivity index (χ3n) is 11.7. The summed E-state index contributed by atoms with van der Waals surface area (Å²) in [5.41, 5.74) is 1.62. The first kappa shape index (κ1) is 51.4. The van der Waals surface area contributed by atoms with Gasteiger partial charge in [-0.1, -0.05) is 12.5 Å². The van der Waals surface area contributed by atoms with Crippen LogP contribution in [0.1, 0.15) is 69.9 Å². The minimum atomic E-state index is -4.65. The van der Waals surface area contributed by atoms with Crippen molar-refractivity contribution in [2.75, 3.05) is 58.3 Å². The van der Waals surface area contributed by atoms with E-state index in [9.17, 15) is 56.7 Å². The molecule has 22 heteroatoms. The highest BCUT2D eigenvalue weighted by molar-refractivity contribution is 7.86. The molecule has 0 aromatic heterocycles. The topological polar surface area (TPSA) is 203 Å². The molecule has 5 rings (SSSR count). The Bertz CT molecular complexity index is 2720. The van der Waals surface area contributed by atoms with Gasteiger partial charge >= 0.3 is 5.97 Å². The number of ether oxygens (including phenoxy) is 3. The number of halogens is 4. The van der Waals surface area contributed by atoms with Crippen LogP contribution in [0.4, 0.5) is 28.9 Å². The quantitative estimate of drug-likeness (QED) is 0.0154. The monoisotopic (exact) mass is 975 g/mol. The molecule has 0 saturated carbocycles. The first-order valence-corrected chi connectivity index (χ1v) is 24.7. The lowest BCUT2D eigenvalue weighted by molar-refractivity contribution is -0.441. The van der Waals surface area contributed by atoms with E-state index >= 15 is 0 Å². The molecule has 2 aliphatic heterocycles. The summed E-state index contributed by atoms with van der Waals surface area (Å²) in [6.07, 6.45) is 6.37. The number of unbranched alkanes of at least 4 members (excludes halogenated alkanes) is 2. The van der Waals surface area contributed by atoms with Crippen molar-refractivity contribution in [2.24, 2.45) is 0 Å². The molecule has 2 aliphatic rings. The van der Waals surface area contributed by atoms with Crippen LogP contribution < -0.4 is 9.64 Å². The summed E-state index contributed by atoms with van der Waals surface area (Å²) in [6.45, 7) is 4.74. The highest BCUT2D eigenvalue weighted by atomic mass is 32.2. The van der Waals surface area contributed by atoms with Crippen LogP contribution in [-0.4, -0.2) is 104 Å². The van der Waals surface area contributed by atoms with E-state index < -0.39 is 81.9 Å². The Kier molecular flexibility index (Phi) is 16.2. The number of methoxy groups -OCH3 is 2. The van der Waals surface area contributed by atoms with Gasteiger partial charge in [-0.3, -0.25) is 18.1 Å². The molecule has 2 heterocycles. The molecule has 0 radical (unpaired) electrons. The fraction of sp³-hybridized carbons (Fsp3) is 0.442. The Balaban J connectivity index is 1.55. The van der Waals surface area contributed by atoms with Gasteiger partial charge in [-0.25, -0.2) is 8.78 Å². The molecule has 2 N–H and O–H groups in total. The van der Waals surface area contributed by atoms with Crippen molar-refractivity contribution in [2.45, 2.75) is 79.4 Å². The molecule has 356 valence electrons. The number of carbonyl (C=O) groups is 1. The molecule has 0 amide bonds. The molecule has 3 aromatic rings. The summed E-state index contributed by atoms with van der Waals surface area (Å²) >= 11 is 0. The van der Waals surface area contributed by atoms with E-state index in [2.05, 4.69) is 4.74 Å². The van der Waals surface area contributed by atoms with Crippen molar-refractivity contribution < 1.29 is 79.7 Å². The van der Waals surface area contributed by atoms with Gasteiger partial charge in [0.2, 0.25) is 23.1 Å². The van der Waals surface area contributed by atoms with Gasteiger partial charge in [0, 0.05) is 74.4 Å². The number of rotatable bonds is 22. The summed E-state index contributed by atoms with van der Waals surface area (Å²) in [4.78, 5) is 14.0. The smallest absolute Gasteiger partial charge is 0.311 e. The second-order valence-electron chi connectivity index (χ2n) is 15.9. The zero-order valence-electron chi connectivity index (χ0n) is 36.3. The van der Waals surface area contributed by atoms with E-state index in [1.807, 2.05) is 22.5 Å². The van der Waals surface area contributed by atoms with Gasteiger partial charge < -0.3 is 19.1 Å². The number of nitrogens with zero attached hydrogens (tertiary/aromatic N) is 2. The van der Waals surface area contributed by atoms with Crippen LogP contribution in [-0.2, 0) is 59.6 Å². The van der Waals surface area contributed by atoms with Gasteiger partial charge in [-0.2, -0.15) is 38.6 Å². The molecule has 0 fully saturated rings. The van der Waals surface area contributed by atoms with E-state index in [1.54, 1.807) is 25.1 Å². The highest BCUT2D eigenvalue weighted by Gasteiger charge is 2.48. The van der Waals surface area contributed by atoms with Crippen LogP contribution in [0, 0.1) is 23.3 Å². The Morgan fingerprint density at radius 1 is 0.785 bits per heavy atom. The SMILES string of the molecule is COCC[N+]1=C(C=CC=C2N(CCCCCC(=O)Oc3c(F)c(F)cc(F)c3F)c3ccc(S(=O)(=O)OC)cc3C2(C)CCOC)C(C)(CCCS(=O)(=O)O)c2cc(S(=O)(=O)O)ccc21. The number of benzene rings is 3. The van der Waals surface area contributed by atoms with Crippen molar-refractivity contribution in [3.8, 4) is 5.75 Å². The Hall–Kier alpha value is -4.55. The van der Waals surface area contributed by atoms with E-state index in [1.165, 1.54) is 44.6 Å². The zero-order valence-corrected chi connectivity index (χ0v) is 38.7. The van der Waals surface area contributed by atoms with E-state index in [0.29, 0.717) is 59.7 Å². The van der Waals surface area contributed by atoms with Gasteiger partial charge in [-0.05, 0) is 87.9 Å². The summed E-state index contributed by atoms with van der Waals surface area (Å²) in [6, 6.07) is 8.69. The van der Waals surface area contributed by atoms with Gasteiger partial charge in [0.05, 0.1) is 28.1 Å². The Morgan fingerprint density at radius 2 is 1.43 bits per heavy atom. The van der Waals surface area contributed by atoms with Gasteiger partial charge in [-0.15, -0.1) is 0 Å². The number of carbonyl (C=O) groups excluding carboxylic acids is 1. The van der Waals surface area contributed by atoms with Gasteiger partial charge in [0.25, 0.3) is 30.4 Å². The second-order valence-corrected chi connectivity index (χ2v) is 20.6. The molecular weight excluding hydrogens is 925 g/mol. The molecule has 0 saturated heterocycles. The van der Waals surface area contributed by atoms with Crippen molar-refractivity contribution in [3.05, 3.63) is 101 Å². The Labute approximate surface area is 376 Å². The molecule has 0 spiro atoms. The van der Waals surface area contributed by atoms with Crippen molar-refractivity contribution in [1.82, 2.24) is 0 Å². The maximum absolute atomic E-state index is 14.1. The lowest BCUT2D eigenvalue weighted by atomic mass is 9.75. The minimum absolute atomic E-state index is 0.00259. The number of esters is 1. The molecule has 15 nitrogen and oxygen atoms in total. The van der Waals surface area contributed by atoms with Crippen LogP contribution in [0.15, 0.2) is 76.2 Å². The van der Waals surface area contributed by atoms with Gasteiger partial charge in [0.1, 0.15) is 6.61 Å². The van der Waals surface area contributed by atoms with E-state index in [-0.39, 0.29) is 61.3 Å². The first-order valence-electron chi connectivity index (χ1n) is 20.3. The van der Waals surface area contributed by atoms with Crippen LogP contribution in [0.3, 0.4) is 0 Å². The van der Waals surface area contributed by atoms with Crippen LogP contribution in [0.25, 0.3) is 0 Å². The summed E-state index contributed by atoms with van der Waals surface area (Å²) < 4.78 is 172. The fourth-order valence-electron chi connectivity index (χ4n) is 8.33. The number of fused-ring (bicyclic) bond motifs is 2. The molecular formula is C43H51F4N2O13S3+. The average Bonchev–Trinajstić information content (AvgIpc) is 3.61. The highest BCUT2D eigenvalue weighted by Crippen LogP contribution is 2.51. The maximum Gasteiger partial charge on any atom is 0.311 e. The van der Waals surface area contributed by atoms with E-state index in [0.717, 1.165) is 7.11 Å². The largest absolute Gasteiger partial charge is 0.420 e. The molecule has 0 bridgehead atoms. The van der Waals surface area contributed by atoms with Gasteiger partial charge in [0.15, 0.2) is 23.9 Å². The van der Waals surface area contributed by atoms with Crippen LogP contribution in [0.5, 0.6) is 5.75 Å². The second kappa shape index (κ2) is 20.5. The molecule has 0 aliphatic carbocycles. The summed E-state index contributed by atoms with van der Waals surface area (Å²) in [5.74, 6) is -10.3. The van der Waals surface area contributed by atoms with Crippen molar-refractivity contribution in [1.29, 1.82) is 0 Å². The third-order valence-corrected chi connectivity index (χ3v) is 14.6. The average molecular weight is 976 g/mol. The first-order chi connectivity index (χ1) is 30.4. The normalized spacial score (nSPS) is 19.4. The van der Waals surface area contributed by atoms with Crippen LogP contribution >= 0.6 is 0 Å².